The molecule has 0 aromatic heterocycles. The maximum absolute atomic E-state index is 12.2. The summed E-state index contributed by atoms with van der Waals surface area (Å²) in [5.74, 6) is 1.18. The van der Waals surface area contributed by atoms with Crippen molar-refractivity contribution in [3.63, 3.8) is 0 Å². The topological polar surface area (TPSA) is 64.4 Å². The third-order valence-corrected chi connectivity index (χ3v) is 5.01. The van der Waals surface area contributed by atoms with Gasteiger partial charge in [0.15, 0.2) is 0 Å². The number of nitrogens with one attached hydrogen (secondary N) is 1. The molecule has 21 heavy (non-hydrogen) atoms. The molecule has 0 bridgehead atoms. The van der Waals surface area contributed by atoms with Crippen molar-refractivity contribution in [2.24, 2.45) is 11.7 Å². The number of rotatable bonds is 3. The highest BCUT2D eigenvalue weighted by Crippen LogP contribution is 2.56. The van der Waals surface area contributed by atoms with E-state index in [9.17, 15) is 4.79 Å². The molecular weight excluding hydrogens is 288 g/mol. The Balaban J connectivity index is 0.00000132. The van der Waals surface area contributed by atoms with Gasteiger partial charge in [0, 0.05) is 18.5 Å². The van der Waals surface area contributed by atoms with Crippen LogP contribution in [-0.4, -0.2) is 30.7 Å². The van der Waals surface area contributed by atoms with E-state index in [2.05, 4.69) is 29.6 Å². The molecule has 5 atom stereocenters. The van der Waals surface area contributed by atoms with Crippen LogP contribution in [0.5, 0.6) is 0 Å². The minimum atomic E-state index is -0.292. The lowest BCUT2D eigenvalue weighted by Gasteiger charge is -2.14. The molecule has 3 unspecified atom stereocenters. The molecule has 1 saturated heterocycles. The van der Waals surface area contributed by atoms with Crippen LogP contribution >= 0.6 is 12.4 Å². The van der Waals surface area contributed by atoms with E-state index in [-0.39, 0.29) is 30.5 Å². The van der Waals surface area contributed by atoms with Crippen LogP contribution in [-0.2, 0) is 16.0 Å². The first-order chi connectivity index (χ1) is 9.78. The number of carbonyl (C=O) groups is 1. The minimum Gasteiger partial charge on any atom is -0.364 e. The van der Waals surface area contributed by atoms with E-state index in [1.807, 2.05) is 0 Å². The zero-order valence-electron chi connectivity index (χ0n) is 11.8. The fourth-order valence-electron chi connectivity index (χ4n) is 3.88. The van der Waals surface area contributed by atoms with Crippen molar-refractivity contribution in [1.82, 2.24) is 5.32 Å². The molecule has 2 fully saturated rings. The zero-order valence-corrected chi connectivity index (χ0v) is 12.6. The molecule has 1 heterocycles. The molecule has 1 aliphatic heterocycles. The van der Waals surface area contributed by atoms with Crippen LogP contribution in [0.4, 0.5) is 0 Å². The van der Waals surface area contributed by atoms with Gasteiger partial charge in [-0.25, -0.2) is 0 Å². The summed E-state index contributed by atoms with van der Waals surface area (Å²) >= 11 is 0. The van der Waals surface area contributed by atoms with Gasteiger partial charge in [0.1, 0.15) is 6.10 Å². The van der Waals surface area contributed by atoms with Gasteiger partial charge in [-0.15, -0.1) is 12.4 Å². The minimum absolute atomic E-state index is 0. The monoisotopic (exact) mass is 308 g/mol. The van der Waals surface area contributed by atoms with Gasteiger partial charge in [0.25, 0.3) is 0 Å². The smallest absolute Gasteiger partial charge is 0.249 e. The molecule has 1 saturated carbocycles. The van der Waals surface area contributed by atoms with Crippen molar-refractivity contribution < 1.29 is 9.53 Å². The molecule has 114 valence electrons. The van der Waals surface area contributed by atoms with Crippen molar-refractivity contribution in [3.8, 4) is 0 Å². The molecular formula is C16H21ClN2O2. The first-order valence-electron chi connectivity index (χ1n) is 7.51. The van der Waals surface area contributed by atoms with E-state index >= 15 is 0 Å². The van der Waals surface area contributed by atoms with Crippen molar-refractivity contribution in [2.45, 2.75) is 43.4 Å². The van der Waals surface area contributed by atoms with Crippen molar-refractivity contribution in [3.05, 3.63) is 35.4 Å². The summed E-state index contributed by atoms with van der Waals surface area (Å²) in [4.78, 5) is 12.2. The summed E-state index contributed by atoms with van der Waals surface area (Å²) in [5.41, 5.74) is 8.46. The fourth-order valence-corrected chi connectivity index (χ4v) is 3.88. The van der Waals surface area contributed by atoms with Gasteiger partial charge in [-0.2, -0.15) is 0 Å². The summed E-state index contributed by atoms with van der Waals surface area (Å²) in [6.07, 6.45) is 2.56. The van der Waals surface area contributed by atoms with Gasteiger partial charge < -0.3 is 15.8 Å². The molecule has 1 aromatic rings. The maximum Gasteiger partial charge on any atom is 0.249 e. The van der Waals surface area contributed by atoms with Crippen LogP contribution < -0.4 is 11.1 Å². The Morgan fingerprint density at radius 3 is 2.90 bits per heavy atom. The average Bonchev–Trinajstić information content (AvgIpc) is 2.87. The summed E-state index contributed by atoms with van der Waals surface area (Å²) < 4.78 is 5.66. The highest BCUT2D eigenvalue weighted by Gasteiger charge is 2.56. The van der Waals surface area contributed by atoms with Crippen LogP contribution in [0, 0.1) is 5.92 Å². The summed E-state index contributed by atoms with van der Waals surface area (Å²) in [5, 5.41) is 3.18. The number of hydrogen-bond acceptors (Lipinski definition) is 3. The molecule has 2 aliphatic carbocycles. The number of carbonyl (C=O) groups excluding carboxylic acids is 1. The molecule has 0 radical (unpaired) electrons. The molecule has 5 heteroatoms. The fraction of sp³-hybridized carbons (Fsp3) is 0.562. The normalized spacial score (nSPS) is 35.6. The lowest BCUT2D eigenvalue weighted by molar-refractivity contribution is -0.132. The second-order valence-electron chi connectivity index (χ2n) is 6.19. The van der Waals surface area contributed by atoms with E-state index in [4.69, 9.17) is 10.5 Å². The quantitative estimate of drug-likeness (QED) is 0.886. The predicted octanol–water partition coefficient (Wildman–Crippen LogP) is 1.37. The molecule has 1 aromatic carbocycles. The van der Waals surface area contributed by atoms with Crippen molar-refractivity contribution >= 4 is 18.3 Å². The standard InChI is InChI=1S/C16H20N2O2.ClH/c17-8-10-5-6-13(20-10)16(19)18-15-12-7-9-3-1-2-4-11(9)14(12)15;/h1-4,10,12-15H,5-8,17H2,(H,18,19);1H/t10-,12?,13+,14?,15?;/m1./s1. The second kappa shape index (κ2) is 5.59. The number of halogens is 1. The molecule has 4 rings (SSSR count). The number of ether oxygens (including phenoxy) is 1. The lowest BCUT2D eigenvalue weighted by Crippen LogP contribution is -2.38. The van der Waals surface area contributed by atoms with Gasteiger partial charge in [-0.3, -0.25) is 4.79 Å². The Hall–Kier alpha value is -1.10. The number of hydrogen-bond donors (Lipinski definition) is 2. The Morgan fingerprint density at radius 2 is 2.14 bits per heavy atom. The third kappa shape index (κ3) is 2.45. The molecule has 4 nitrogen and oxygen atoms in total. The van der Waals surface area contributed by atoms with Crippen molar-refractivity contribution in [2.75, 3.05) is 6.54 Å². The van der Waals surface area contributed by atoms with Crippen LogP contribution in [0.1, 0.15) is 29.9 Å². The average molecular weight is 309 g/mol. The maximum atomic E-state index is 12.2. The van der Waals surface area contributed by atoms with E-state index < -0.39 is 0 Å². The van der Waals surface area contributed by atoms with Crippen molar-refractivity contribution in [1.29, 1.82) is 0 Å². The molecule has 3 aliphatic rings. The van der Waals surface area contributed by atoms with E-state index in [1.165, 1.54) is 11.1 Å². The van der Waals surface area contributed by atoms with Gasteiger partial charge in [0.2, 0.25) is 5.91 Å². The first-order valence-corrected chi connectivity index (χ1v) is 7.51. The van der Waals surface area contributed by atoms with Gasteiger partial charge in [-0.1, -0.05) is 24.3 Å². The highest BCUT2D eigenvalue weighted by molar-refractivity contribution is 5.85. The SMILES string of the molecule is Cl.NC[C@H]1CC[C@@H](C(=O)NC2C3Cc4ccccc4C32)O1. The van der Waals surface area contributed by atoms with Gasteiger partial charge in [-0.05, 0) is 36.3 Å². The summed E-state index contributed by atoms with van der Waals surface area (Å²) in [6, 6.07) is 8.90. The second-order valence-corrected chi connectivity index (χ2v) is 6.19. The van der Waals surface area contributed by atoms with Gasteiger partial charge >= 0.3 is 0 Å². The Labute approximate surface area is 130 Å². The summed E-state index contributed by atoms with van der Waals surface area (Å²) in [7, 11) is 0. The number of amides is 1. The molecule has 0 spiro atoms. The third-order valence-electron chi connectivity index (χ3n) is 5.01. The Kier molecular flexibility index (Phi) is 3.95. The van der Waals surface area contributed by atoms with E-state index in [0.717, 1.165) is 19.3 Å². The van der Waals surface area contributed by atoms with Crippen LogP contribution in [0.15, 0.2) is 24.3 Å². The Bertz CT molecular complexity index is 551. The first kappa shape index (κ1) is 14.8. The zero-order chi connectivity index (χ0) is 13.7. The van der Waals surface area contributed by atoms with Crippen LogP contribution in [0.3, 0.4) is 0 Å². The van der Waals surface area contributed by atoms with Crippen LogP contribution in [0.25, 0.3) is 0 Å². The number of benzene rings is 1. The van der Waals surface area contributed by atoms with Crippen LogP contribution in [0.2, 0.25) is 0 Å². The highest BCUT2D eigenvalue weighted by atomic mass is 35.5. The Morgan fingerprint density at radius 1 is 1.33 bits per heavy atom. The van der Waals surface area contributed by atoms with E-state index in [0.29, 0.717) is 24.4 Å². The number of fused-ring (bicyclic) bond motifs is 3. The largest absolute Gasteiger partial charge is 0.364 e. The lowest BCUT2D eigenvalue weighted by atomic mass is 10.1. The molecule has 3 N–H and O–H groups in total. The number of nitrogens with two attached hydrogens (primary N) is 1. The van der Waals surface area contributed by atoms with E-state index in [1.54, 1.807) is 0 Å². The predicted molar refractivity (Wildman–Crippen MR) is 82.5 cm³/mol. The molecule has 1 amide bonds. The summed E-state index contributed by atoms with van der Waals surface area (Å²) in [6.45, 7) is 0.506. The van der Waals surface area contributed by atoms with Gasteiger partial charge in [0.05, 0.1) is 6.10 Å².